The molecule has 2 heteroatoms. The van der Waals surface area contributed by atoms with E-state index in [0.29, 0.717) is 0 Å². The topological polar surface area (TPSA) is 0 Å². The molecule has 0 radical (unpaired) electrons. The zero-order valence-corrected chi connectivity index (χ0v) is 15.5. The van der Waals surface area contributed by atoms with Gasteiger partial charge in [0.2, 0.25) is 0 Å². The molecule has 0 aliphatic heterocycles. The van der Waals surface area contributed by atoms with Gasteiger partial charge in [-0.15, -0.1) is 25.3 Å². The Hall–Kier alpha value is -1.90. The van der Waals surface area contributed by atoms with E-state index in [0.717, 1.165) is 9.79 Å². The Morgan fingerprint density at radius 1 is 0.542 bits per heavy atom. The Balaban J connectivity index is 2.17. The summed E-state index contributed by atoms with van der Waals surface area (Å²) in [4.78, 5) is 1.98. The Kier molecular flexibility index (Phi) is 3.82. The number of hydrogen-bond acceptors (Lipinski definition) is 2. The van der Waals surface area contributed by atoms with Crippen molar-refractivity contribution in [3.8, 4) is 11.1 Å². The average molecular weight is 347 g/mol. The summed E-state index contributed by atoms with van der Waals surface area (Å²) in [6, 6.07) is 21.5. The Morgan fingerprint density at radius 2 is 0.958 bits per heavy atom. The third kappa shape index (κ3) is 2.51. The Bertz CT molecular complexity index is 1000. The molecule has 4 aromatic carbocycles. The second-order valence-corrected chi connectivity index (χ2v) is 7.36. The van der Waals surface area contributed by atoms with Crippen LogP contribution in [0.15, 0.2) is 70.5 Å². The second kappa shape index (κ2) is 5.87. The van der Waals surface area contributed by atoms with E-state index in [-0.39, 0.29) is 0 Å². The largest absolute Gasteiger partial charge is 0.143 e. The van der Waals surface area contributed by atoms with Crippen LogP contribution in [0.3, 0.4) is 0 Å². The standard InChI is InChI=1S/C22H18S2/c1-13-3-5-15-11-17(23)7-9-19(15)21(13)22-14(2)4-6-16-12-18(24)8-10-20(16)22/h3-12,23-24H,1-2H3. The van der Waals surface area contributed by atoms with E-state index in [2.05, 4.69) is 99.8 Å². The van der Waals surface area contributed by atoms with Crippen molar-refractivity contribution < 1.29 is 0 Å². The van der Waals surface area contributed by atoms with E-state index >= 15 is 0 Å². The normalized spacial score (nSPS) is 11.3. The lowest BCUT2D eigenvalue weighted by Crippen LogP contribution is -1.91. The minimum absolute atomic E-state index is 0.992. The highest BCUT2D eigenvalue weighted by atomic mass is 32.1. The number of benzene rings is 4. The van der Waals surface area contributed by atoms with Crippen molar-refractivity contribution in [1.82, 2.24) is 0 Å². The molecule has 118 valence electrons. The van der Waals surface area contributed by atoms with Gasteiger partial charge in [0.1, 0.15) is 0 Å². The molecule has 0 aromatic heterocycles. The number of hydrogen-bond donors (Lipinski definition) is 2. The van der Waals surface area contributed by atoms with Crippen LogP contribution in [0, 0.1) is 13.8 Å². The monoisotopic (exact) mass is 346 g/mol. The Morgan fingerprint density at radius 3 is 1.38 bits per heavy atom. The predicted molar refractivity (Wildman–Crippen MR) is 111 cm³/mol. The molecular formula is C22H18S2. The number of aryl methyl sites for hydroxylation is 2. The van der Waals surface area contributed by atoms with E-state index in [1.165, 1.54) is 43.8 Å². The van der Waals surface area contributed by atoms with Crippen molar-refractivity contribution in [2.24, 2.45) is 0 Å². The first-order valence-electron chi connectivity index (χ1n) is 7.99. The maximum atomic E-state index is 4.49. The van der Waals surface area contributed by atoms with Crippen LogP contribution in [0.25, 0.3) is 32.7 Å². The van der Waals surface area contributed by atoms with Gasteiger partial charge < -0.3 is 0 Å². The number of thiol groups is 2. The highest BCUT2D eigenvalue weighted by Crippen LogP contribution is 2.39. The van der Waals surface area contributed by atoms with Crippen LogP contribution in [0.1, 0.15) is 11.1 Å². The van der Waals surface area contributed by atoms with Gasteiger partial charge in [-0.1, -0.05) is 36.4 Å². The highest BCUT2D eigenvalue weighted by Gasteiger charge is 2.13. The third-order valence-corrected chi connectivity index (χ3v) is 5.23. The second-order valence-electron chi connectivity index (χ2n) is 6.33. The van der Waals surface area contributed by atoms with Crippen molar-refractivity contribution in [2.45, 2.75) is 23.6 Å². The van der Waals surface area contributed by atoms with Gasteiger partial charge in [0.05, 0.1) is 0 Å². The van der Waals surface area contributed by atoms with Gasteiger partial charge in [-0.3, -0.25) is 0 Å². The van der Waals surface area contributed by atoms with Crippen LogP contribution in [-0.2, 0) is 0 Å². The van der Waals surface area contributed by atoms with Crippen LogP contribution in [0.4, 0.5) is 0 Å². The van der Waals surface area contributed by atoms with Crippen LogP contribution in [0.2, 0.25) is 0 Å². The minimum Gasteiger partial charge on any atom is -0.143 e. The average Bonchev–Trinajstić information content (AvgIpc) is 2.56. The summed E-state index contributed by atoms with van der Waals surface area (Å²) in [5.41, 5.74) is 5.21. The summed E-state index contributed by atoms with van der Waals surface area (Å²) in [6.07, 6.45) is 0. The summed E-state index contributed by atoms with van der Waals surface area (Å²) >= 11 is 8.98. The predicted octanol–water partition coefficient (Wildman–Crippen LogP) is 6.85. The molecule has 0 spiro atoms. The van der Waals surface area contributed by atoms with E-state index in [4.69, 9.17) is 0 Å². The fourth-order valence-corrected chi connectivity index (χ4v) is 3.94. The third-order valence-electron chi connectivity index (χ3n) is 4.67. The number of fused-ring (bicyclic) bond motifs is 2. The molecule has 0 saturated carbocycles. The molecule has 0 saturated heterocycles. The van der Waals surface area contributed by atoms with Gasteiger partial charge in [0, 0.05) is 9.79 Å². The lowest BCUT2D eigenvalue weighted by Gasteiger charge is -2.16. The minimum atomic E-state index is 0.992. The summed E-state index contributed by atoms with van der Waals surface area (Å²) in [6.45, 7) is 4.38. The van der Waals surface area contributed by atoms with Crippen molar-refractivity contribution in [1.29, 1.82) is 0 Å². The molecule has 4 aromatic rings. The molecule has 24 heavy (non-hydrogen) atoms. The molecule has 0 amide bonds. The van der Waals surface area contributed by atoms with E-state index in [1.807, 2.05) is 0 Å². The van der Waals surface area contributed by atoms with Crippen LogP contribution < -0.4 is 0 Å². The van der Waals surface area contributed by atoms with E-state index < -0.39 is 0 Å². The molecule has 0 unspecified atom stereocenters. The van der Waals surface area contributed by atoms with Gasteiger partial charge in [-0.25, -0.2) is 0 Å². The smallest absolute Gasteiger partial charge is 0.00463 e. The lowest BCUT2D eigenvalue weighted by molar-refractivity contribution is 1.43. The van der Waals surface area contributed by atoms with Gasteiger partial charge in [0.25, 0.3) is 0 Å². The van der Waals surface area contributed by atoms with Crippen LogP contribution in [0.5, 0.6) is 0 Å². The summed E-state index contributed by atoms with van der Waals surface area (Å²) in [7, 11) is 0. The van der Waals surface area contributed by atoms with Crippen molar-refractivity contribution >= 4 is 46.8 Å². The first kappa shape index (κ1) is 15.6. The maximum absolute atomic E-state index is 4.49. The van der Waals surface area contributed by atoms with E-state index in [1.54, 1.807) is 0 Å². The first-order valence-corrected chi connectivity index (χ1v) is 8.89. The zero-order valence-electron chi connectivity index (χ0n) is 13.7. The molecule has 0 N–H and O–H groups in total. The van der Waals surface area contributed by atoms with Crippen LogP contribution >= 0.6 is 25.3 Å². The molecule has 0 aliphatic rings. The molecule has 0 nitrogen and oxygen atoms in total. The SMILES string of the molecule is Cc1ccc2cc(S)ccc2c1-c1c(C)ccc2cc(S)ccc12. The van der Waals surface area contributed by atoms with Gasteiger partial charge in [0.15, 0.2) is 0 Å². The lowest BCUT2D eigenvalue weighted by atomic mass is 9.88. The summed E-state index contributed by atoms with van der Waals surface area (Å²) < 4.78 is 0. The summed E-state index contributed by atoms with van der Waals surface area (Å²) in [5.74, 6) is 0. The van der Waals surface area contributed by atoms with Crippen molar-refractivity contribution in [2.75, 3.05) is 0 Å². The van der Waals surface area contributed by atoms with Crippen LogP contribution in [-0.4, -0.2) is 0 Å². The van der Waals surface area contributed by atoms with E-state index in [9.17, 15) is 0 Å². The number of rotatable bonds is 1. The quantitative estimate of drug-likeness (QED) is 0.346. The molecule has 0 fully saturated rings. The first-order chi connectivity index (χ1) is 11.5. The fraction of sp³-hybridized carbons (Fsp3) is 0.0909. The molecule has 0 aliphatic carbocycles. The molecular weight excluding hydrogens is 328 g/mol. The molecule has 0 bridgehead atoms. The van der Waals surface area contributed by atoms with Gasteiger partial charge in [-0.2, -0.15) is 0 Å². The zero-order chi connectivity index (χ0) is 16.8. The Labute approximate surface area is 153 Å². The fourth-order valence-electron chi connectivity index (χ4n) is 3.52. The molecule has 0 atom stereocenters. The molecule has 0 heterocycles. The van der Waals surface area contributed by atoms with Gasteiger partial charge >= 0.3 is 0 Å². The van der Waals surface area contributed by atoms with Crippen molar-refractivity contribution in [3.63, 3.8) is 0 Å². The molecule has 4 rings (SSSR count). The maximum Gasteiger partial charge on any atom is 0.00463 e. The summed E-state index contributed by atoms with van der Waals surface area (Å²) in [5, 5.41) is 5.01. The van der Waals surface area contributed by atoms with Crippen molar-refractivity contribution in [3.05, 3.63) is 71.8 Å². The van der Waals surface area contributed by atoms with Gasteiger partial charge in [-0.05, 0) is 81.9 Å². The highest BCUT2D eigenvalue weighted by molar-refractivity contribution is 7.80.